The van der Waals surface area contributed by atoms with Crippen LogP contribution in [0.1, 0.15) is 17.3 Å². The summed E-state index contributed by atoms with van der Waals surface area (Å²) in [5.74, 6) is -0.321. The van der Waals surface area contributed by atoms with Crippen molar-refractivity contribution in [2.75, 3.05) is 20.6 Å². The highest BCUT2D eigenvalue weighted by Crippen LogP contribution is 2.29. The van der Waals surface area contributed by atoms with E-state index in [1.165, 1.54) is 6.07 Å². The molecule has 1 atom stereocenters. The van der Waals surface area contributed by atoms with Crippen LogP contribution in [-0.2, 0) is 6.54 Å². The molecule has 0 aliphatic heterocycles. The summed E-state index contributed by atoms with van der Waals surface area (Å²) >= 11 is 6.81. The Morgan fingerprint density at radius 3 is 2.76 bits per heavy atom. The van der Waals surface area contributed by atoms with Crippen LogP contribution < -0.4 is 5.73 Å². The van der Waals surface area contributed by atoms with Gasteiger partial charge in [0.25, 0.3) is 0 Å². The van der Waals surface area contributed by atoms with Gasteiger partial charge in [0.1, 0.15) is 5.82 Å². The molecule has 0 aliphatic rings. The molecule has 0 saturated heterocycles. The lowest BCUT2D eigenvalue weighted by Gasteiger charge is -2.18. The number of nitrogens with zero attached hydrogens (tertiary/aromatic N) is 3. The standard InChI is InChI=1S/C14H17Br2FN4/c1-20(2)5-6-21-14(11(16)8-19-21)13(18)10-7-9(15)3-4-12(10)17/h3-4,7-8,13H,5-6,18H2,1-2H3. The minimum Gasteiger partial charge on any atom is -0.319 e. The highest BCUT2D eigenvalue weighted by atomic mass is 79.9. The van der Waals surface area contributed by atoms with Gasteiger partial charge in [-0.05, 0) is 48.2 Å². The Bertz CT molecular complexity index is 627. The molecule has 1 heterocycles. The second-order valence-electron chi connectivity index (χ2n) is 5.05. The van der Waals surface area contributed by atoms with Crippen LogP contribution in [0, 0.1) is 5.82 Å². The lowest BCUT2D eigenvalue weighted by molar-refractivity contribution is 0.367. The Labute approximate surface area is 140 Å². The molecule has 21 heavy (non-hydrogen) atoms. The second kappa shape index (κ2) is 7.00. The molecule has 1 aromatic carbocycles. The molecular weight excluding hydrogens is 403 g/mol. The average Bonchev–Trinajstić information content (AvgIpc) is 2.79. The van der Waals surface area contributed by atoms with Crippen LogP contribution in [-0.4, -0.2) is 35.3 Å². The van der Waals surface area contributed by atoms with Crippen LogP contribution in [0.25, 0.3) is 0 Å². The van der Waals surface area contributed by atoms with E-state index in [-0.39, 0.29) is 5.82 Å². The van der Waals surface area contributed by atoms with Gasteiger partial charge in [-0.25, -0.2) is 4.39 Å². The molecule has 7 heteroatoms. The quantitative estimate of drug-likeness (QED) is 0.809. The van der Waals surface area contributed by atoms with E-state index in [4.69, 9.17) is 5.73 Å². The maximum Gasteiger partial charge on any atom is 0.128 e. The Balaban J connectivity index is 2.36. The van der Waals surface area contributed by atoms with Crippen LogP contribution in [0.5, 0.6) is 0 Å². The summed E-state index contributed by atoms with van der Waals surface area (Å²) in [5.41, 5.74) is 7.49. The molecule has 114 valence electrons. The van der Waals surface area contributed by atoms with Crippen LogP contribution in [0.3, 0.4) is 0 Å². The monoisotopic (exact) mass is 418 g/mol. The van der Waals surface area contributed by atoms with E-state index < -0.39 is 6.04 Å². The van der Waals surface area contributed by atoms with Crippen LogP contribution in [0.4, 0.5) is 4.39 Å². The van der Waals surface area contributed by atoms with Crippen molar-refractivity contribution in [1.29, 1.82) is 0 Å². The molecule has 2 N–H and O–H groups in total. The number of nitrogens with two attached hydrogens (primary N) is 1. The molecule has 0 amide bonds. The predicted octanol–water partition coefficient (Wildman–Crippen LogP) is 3.16. The number of benzene rings is 1. The summed E-state index contributed by atoms with van der Waals surface area (Å²) in [5, 5.41) is 4.32. The van der Waals surface area contributed by atoms with Crippen molar-refractivity contribution >= 4 is 31.9 Å². The summed E-state index contributed by atoms with van der Waals surface area (Å²) in [4.78, 5) is 2.06. The van der Waals surface area contributed by atoms with E-state index in [1.807, 2.05) is 18.8 Å². The number of hydrogen-bond donors (Lipinski definition) is 1. The SMILES string of the molecule is CN(C)CCn1ncc(Br)c1C(N)c1cc(Br)ccc1F. The lowest BCUT2D eigenvalue weighted by Crippen LogP contribution is -2.24. The smallest absolute Gasteiger partial charge is 0.128 e. The van der Waals surface area contributed by atoms with Gasteiger partial charge >= 0.3 is 0 Å². The second-order valence-corrected chi connectivity index (χ2v) is 6.82. The third-order valence-electron chi connectivity index (χ3n) is 3.18. The van der Waals surface area contributed by atoms with Gasteiger partial charge < -0.3 is 10.6 Å². The highest BCUT2D eigenvalue weighted by Gasteiger charge is 2.21. The minimum absolute atomic E-state index is 0.321. The van der Waals surface area contributed by atoms with E-state index in [9.17, 15) is 4.39 Å². The molecule has 1 aromatic heterocycles. The molecule has 2 rings (SSSR count). The number of halogens is 3. The zero-order chi connectivity index (χ0) is 15.6. The van der Waals surface area contributed by atoms with Gasteiger partial charge in [-0.15, -0.1) is 0 Å². The Morgan fingerprint density at radius 1 is 1.38 bits per heavy atom. The van der Waals surface area contributed by atoms with Crippen LogP contribution in [0.15, 0.2) is 33.3 Å². The first-order chi connectivity index (χ1) is 9.90. The van der Waals surface area contributed by atoms with E-state index in [0.717, 1.165) is 21.2 Å². The molecule has 2 aromatic rings. The first kappa shape index (κ1) is 16.6. The van der Waals surface area contributed by atoms with Gasteiger partial charge in [0.2, 0.25) is 0 Å². The van der Waals surface area contributed by atoms with Crippen molar-refractivity contribution in [3.8, 4) is 0 Å². The Morgan fingerprint density at radius 2 is 2.10 bits per heavy atom. The number of aromatic nitrogens is 2. The first-order valence-corrected chi connectivity index (χ1v) is 8.05. The topological polar surface area (TPSA) is 47.1 Å². The summed E-state index contributed by atoms with van der Waals surface area (Å²) in [7, 11) is 3.98. The van der Waals surface area contributed by atoms with Gasteiger partial charge in [0, 0.05) is 16.6 Å². The predicted molar refractivity (Wildman–Crippen MR) is 88.6 cm³/mol. The summed E-state index contributed by atoms with van der Waals surface area (Å²) < 4.78 is 17.4. The van der Waals surface area contributed by atoms with Crippen molar-refractivity contribution < 1.29 is 4.39 Å². The first-order valence-electron chi connectivity index (χ1n) is 6.46. The normalized spacial score (nSPS) is 12.9. The van der Waals surface area contributed by atoms with E-state index in [2.05, 4.69) is 41.9 Å². The Kier molecular flexibility index (Phi) is 5.54. The molecule has 0 fully saturated rings. The fourth-order valence-corrected chi connectivity index (χ4v) is 2.98. The Hall–Kier alpha value is -0.760. The maximum absolute atomic E-state index is 14.0. The van der Waals surface area contributed by atoms with Crippen molar-refractivity contribution in [2.45, 2.75) is 12.6 Å². The van der Waals surface area contributed by atoms with Gasteiger partial charge in [0.05, 0.1) is 29.0 Å². The van der Waals surface area contributed by atoms with Crippen LogP contribution >= 0.6 is 31.9 Å². The molecule has 4 nitrogen and oxygen atoms in total. The zero-order valence-corrected chi connectivity index (χ0v) is 15.0. The minimum atomic E-state index is -0.582. The van der Waals surface area contributed by atoms with Crippen molar-refractivity contribution in [3.63, 3.8) is 0 Å². The third-order valence-corrected chi connectivity index (χ3v) is 4.28. The third kappa shape index (κ3) is 3.91. The van der Waals surface area contributed by atoms with E-state index >= 15 is 0 Å². The molecule has 0 bridgehead atoms. The van der Waals surface area contributed by atoms with Crippen LogP contribution in [0.2, 0.25) is 0 Å². The fraction of sp³-hybridized carbons (Fsp3) is 0.357. The largest absolute Gasteiger partial charge is 0.319 e. The average molecular weight is 420 g/mol. The fourth-order valence-electron chi connectivity index (χ4n) is 2.05. The molecule has 1 unspecified atom stereocenters. The molecule has 0 saturated carbocycles. The number of hydrogen-bond acceptors (Lipinski definition) is 3. The van der Waals surface area contributed by atoms with Gasteiger partial charge in [0.15, 0.2) is 0 Å². The number of rotatable bonds is 5. The lowest BCUT2D eigenvalue weighted by atomic mass is 10.0. The summed E-state index contributed by atoms with van der Waals surface area (Å²) in [6, 6.07) is 4.19. The van der Waals surface area contributed by atoms with Gasteiger partial charge in [-0.3, -0.25) is 4.68 Å². The number of likely N-dealkylation sites (N-methyl/N-ethyl adjacent to an activating group) is 1. The van der Waals surface area contributed by atoms with Gasteiger partial charge in [-0.2, -0.15) is 5.10 Å². The van der Waals surface area contributed by atoms with E-state index in [0.29, 0.717) is 12.1 Å². The maximum atomic E-state index is 14.0. The van der Waals surface area contributed by atoms with Crippen molar-refractivity contribution in [2.24, 2.45) is 5.73 Å². The highest BCUT2D eigenvalue weighted by molar-refractivity contribution is 9.10. The molecule has 0 radical (unpaired) electrons. The van der Waals surface area contributed by atoms with Gasteiger partial charge in [-0.1, -0.05) is 15.9 Å². The zero-order valence-electron chi connectivity index (χ0n) is 11.9. The van der Waals surface area contributed by atoms with E-state index in [1.54, 1.807) is 18.3 Å². The summed E-state index contributed by atoms with van der Waals surface area (Å²) in [6.07, 6.45) is 1.70. The molecule has 0 spiro atoms. The van der Waals surface area contributed by atoms with Crippen molar-refractivity contribution in [3.05, 3.63) is 50.4 Å². The summed E-state index contributed by atoms with van der Waals surface area (Å²) in [6.45, 7) is 1.52. The molecular formula is C14H17Br2FN4. The molecule has 0 aliphatic carbocycles. The van der Waals surface area contributed by atoms with Crippen molar-refractivity contribution in [1.82, 2.24) is 14.7 Å².